The van der Waals surface area contributed by atoms with Gasteiger partial charge in [-0.3, -0.25) is 10.1 Å². The second-order valence-corrected chi connectivity index (χ2v) is 3.20. The molecule has 0 heterocycles. The fourth-order valence-electron chi connectivity index (χ4n) is 1.21. The van der Waals surface area contributed by atoms with Crippen molar-refractivity contribution in [1.82, 2.24) is 0 Å². The van der Waals surface area contributed by atoms with E-state index in [4.69, 9.17) is 5.11 Å². The van der Waals surface area contributed by atoms with Crippen LogP contribution in [0.3, 0.4) is 0 Å². The summed E-state index contributed by atoms with van der Waals surface area (Å²) in [6, 6.07) is 2.24. The van der Waals surface area contributed by atoms with Gasteiger partial charge in [-0.25, -0.2) is 4.79 Å². The van der Waals surface area contributed by atoms with Crippen LogP contribution in [0.1, 0.15) is 11.1 Å². The number of carbonyl (C=O) groups is 1. The van der Waals surface area contributed by atoms with Crippen LogP contribution >= 0.6 is 0 Å². The van der Waals surface area contributed by atoms with Crippen molar-refractivity contribution in [2.24, 2.45) is 0 Å². The zero-order valence-corrected chi connectivity index (χ0v) is 8.64. The molecule has 0 atom stereocenters. The normalized spacial score (nSPS) is 11.7. The van der Waals surface area contributed by atoms with Gasteiger partial charge in [0.1, 0.15) is 5.56 Å². The molecule has 1 aromatic rings. The molecule has 96 valence electrons. The predicted octanol–water partition coefficient (Wildman–Crippen LogP) is 2.71. The molecular weight excluding hydrogens is 255 g/mol. The van der Waals surface area contributed by atoms with Crippen LogP contribution in [0.15, 0.2) is 24.3 Å². The Morgan fingerprint density at radius 1 is 1.39 bits per heavy atom. The van der Waals surface area contributed by atoms with Crippen molar-refractivity contribution in [2.45, 2.75) is 6.18 Å². The maximum absolute atomic E-state index is 12.5. The van der Waals surface area contributed by atoms with Gasteiger partial charge in [-0.15, -0.1) is 0 Å². The van der Waals surface area contributed by atoms with Gasteiger partial charge in [0.15, 0.2) is 0 Å². The number of halogens is 3. The molecule has 0 aliphatic carbocycles. The molecular formula is C10H6F3NO4. The summed E-state index contributed by atoms with van der Waals surface area (Å²) in [5.41, 5.74) is -2.58. The minimum Gasteiger partial charge on any atom is -0.478 e. The number of nitrogens with zero attached hydrogens (tertiary/aromatic N) is 1. The third kappa shape index (κ3) is 3.30. The number of alkyl halides is 3. The molecule has 0 amide bonds. The van der Waals surface area contributed by atoms with E-state index in [2.05, 4.69) is 0 Å². The molecule has 5 nitrogen and oxygen atoms in total. The number of carboxylic acids is 1. The average Bonchev–Trinajstić information content (AvgIpc) is 2.24. The van der Waals surface area contributed by atoms with E-state index in [0.717, 1.165) is 12.1 Å². The molecule has 18 heavy (non-hydrogen) atoms. The highest BCUT2D eigenvalue weighted by molar-refractivity contribution is 5.85. The summed E-state index contributed by atoms with van der Waals surface area (Å²) in [5, 5.41) is 18.8. The topological polar surface area (TPSA) is 80.4 Å². The van der Waals surface area contributed by atoms with Crippen LogP contribution in [0.25, 0.3) is 6.08 Å². The van der Waals surface area contributed by atoms with E-state index in [1.165, 1.54) is 0 Å². The summed E-state index contributed by atoms with van der Waals surface area (Å²) in [4.78, 5) is 19.5. The Labute approximate surface area is 98.3 Å². The maximum Gasteiger partial charge on any atom is 0.423 e. The number of hydrogen-bond acceptors (Lipinski definition) is 3. The summed E-state index contributed by atoms with van der Waals surface area (Å²) in [7, 11) is 0. The minimum atomic E-state index is -4.88. The van der Waals surface area contributed by atoms with E-state index in [1.807, 2.05) is 0 Å². The molecule has 1 N–H and O–H groups in total. The Hall–Kier alpha value is -2.38. The number of hydrogen-bond donors (Lipinski definition) is 1. The van der Waals surface area contributed by atoms with Crippen molar-refractivity contribution in [1.29, 1.82) is 0 Å². The second-order valence-electron chi connectivity index (χ2n) is 3.20. The maximum atomic E-state index is 12.5. The standard InChI is InChI=1S/C10H6F3NO4/c11-10(12,13)7-5-6(2-4-9(15)16)1-3-8(7)14(17)18/h1-5H,(H,15,16). The van der Waals surface area contributed by atoms with E-state index in [-0.39, 0.29) is 5.56 Å². The van der Waals surface area contributed by atoms with Gasteiger partial charge in [0.05, 0.1) is 4.92 Å². The van der Waals surface area contributed by atoms with Crippen LogP contribution < -0.4 is 0 Å². The first kappa shape index (κ1) is 13.7. The number of aliphatic carboxylic acids is 1. The number of carboxylic acid groups (broad SMARTS) is 1. The van der Waals surface area contributed by atoms with Gasteiger partial charge >= 0.3 is 12.1 Å². The Bertz CT molecular complexity index is 522. The van der Waals surface area contributed by atoms with Crippen LogP contribution in [0.4, 0.5) is 18.9 Å². The molecule has 0 bridgehead atoms. The first-order chi connectivity index (χ1) is 8.21. The molecule has 0 saturated carbocycles. The Kier molecular flexibility index (Phi) is 3.70. The molecule has 0 aliphatic heterocycles. The molecule has 0 radical (unpaired) electrons. The number of rotatable bonds is 3. The third-order valence-corrected chi connectivity index (χ3v) is 1.94. The smallest absolute Gasteiger partial charge is 0.423 e. The van der Waals surface area contributed by atoms with Gasteiger partial charge in [0, 0.05) is 12.1 Å². The Morgan fingerprint density at radius 3 is 2.44 bits per heavy atom. The Morgan fingerprint density at radius 2 is 2.00 bits per heavy atom. The van der Waals surface area contributed by atoms with Gasteiger partial charge in [-0.05, 0) is 23.8 Å². The zero-order valence-electron chi connectivity index (χ0n) is 8.64. The average molecular weight is 261 g/mol. The lowest BCUT2D eigenvalue weighted by molar-refractivity contribution is -0.388. The van der Waals surface area contributed by atoms with Crippen molar-refractivity contribution >= 4 is 17.7 Å². The quantitative estimate of drug-likeness (QED) is 0.515. The summed E-state index contributed by atoms with van der Waals surface area (Å²) >= 11 is 0. The van der Waals surface area contributed by atoms with E-state index in [1.54, 1.807) is 0 Å². The second kappa shape index (κ2) is 4.86. The predicted molar refractivity (Wildman–Crippen MR) is 54.8 cm³/mol. The van der Waals surface area contributed by atoms with Crippen LogP contribution in [0, 0.1) is 10.1 Å². The van der Waals surface area contributed by atoms with Crippen LogP contribution in [-0.4, -0.2) is 16.0 Å². The molecule has 0 fully saturated rings. The zero-order chi connectivity index (χ0) is 13.9. The summed E-state index contributed by atoms with van der Waals surface area (Å²) in [6.07, 6.45) is -3.32. The monoisotopic (exact) mass is 261 g/mol. The van der Waals surface area contributed by atoms with E-state index in [9.17, 15) is 28.1 Å². The molecule has 0 unspecified atom stereocenters. The molecule has 1 aromatic carbocycles. The summed E-state index contributed by atoms with van der Waals surface area (Å²) in [6.45, 7) is 0. The highest BCUT2D eigenvalue weighted by atomic mass is 19.4. The van der Waals surface area contributed by atoms with E-state index in [0.29, 0.717) is 18.2 Å². The highest BCUT2D eigenvalue weighted by Gasteiger charge is 2.38. The van der Waals surface area contributed by atoms with Crippen LogP contribution in [0.5, 0.6) is 0 Å². The first-order valence-electron chi connectivity index (χ1n) is 4.48. The largest absolute Gasteiger partial charge is 0.478 e. The number of nitro benzene ring substituents is 1. The third-order valence-electron chi connectivity index (χ3n) is 1.94. The molecule has 8 heteroatoms. The van der Waals surface area contributed by atoms with E-state index < -0.39 is 28.3 Å². The summed E-state index contributed by atoms with van der Waals surface area (Å²) < 4.78 is 37.6. The fraction of sp³-hybridized carbons (Fsp3) is 0.100. The Balaban J connectivity index is 3.30. The van der Waals surface area contributed by atoms with Gasteiger partial charge in [-0.2, -0.15) is 13.2 Å². The summed E-state index contributed by atoms with van der Waals surface area (Å²) in [5.74, 6) is -1.33. The number of nitro groups is 1. The van der Waals surface area contributed by atoms with Gasteiger partial charge in [0.2, 0.25) is 0 Å². The lowest BCUT2D eigenvalue weighted by Crippen LogP contribution is -2.09. The van der Waals surface area contributed by atoms with Gasteiger partial charge < -0.3 is 5.11 Å². The number of benzene rings is 1. The molecule has 0 aliphatic rings. The van der Waals surface area contributed by atoms with Gasteiger partial charge in [0.25, 0.3) is 5.69 Å². The molecule has 0 aromatic heterocycles. The minimum absolute atomic E-state index is 0.0877. The lowest BCUT2D eigenvalue weighted by Gasteiger charge is -2.07. The fourth-order valence-corrected chi connectivity index (χ4v) is 1.21. The first-order valence-corrected chi connectivity index (χ1v) is 4.48. The van der Waals surface area contributed by atoms with E-state index >= 15 is 0 Å². The SMILES string of the molecule is O=C(O)C=Cc1ccc([N+](=O)[O-])c(C(F)(F)F)c1. The van der Waals surface area contributed by atoms with Crippen LogP contribution in [-0.2, 0) is 11.0 Å². The lowest BCUT2D eigenvalue weighted by atomic mass is 10.1. The van der Waals surface area contributed by atoms with Crippen LogP contribution in [0.2, 0.25) is 0 Å². The molecule has 1 rings (SSSR count). The van der Waals surface area contributed by atoms with Gasteiger partial charge in [-0.1, -0.05) is 0 Å². The molecule has 0 spiro atoms. The van der Waals surface area contributed by atoms with Crippen molar-refractivity contribution < 1.29 is 28.0 Å². The molecule has 0 saturated heterocycles. The van der Waals surface area contributed by atoms with Crippen molar-refractivity contribution in [2.75, 3.05) is 0 Å². The van der Waals surface area contributed by atoms with Crippen molar-refractivity contribution in [3.8, 4) is 0 Å². The highest BCUT2D eigenvalue weighted by Crippen LogP contribution is 2.36. The van der Waals surface area contributed by atoms with Crippen molar-refractivity contribution in [3.05, 3.63) is 45.5 Å². The van der Waals surface area contributed by atoms with Crippen molar-refractivity contribution in [3.63, 3.8) is 0 Å².